The summed E-state index contributed by atoms with van der Waals surface area (Å²) in [7, 11) is 1.58. The molecule has 5 heteroatoms. The van der Waals surface area contributed by atoms with Gasteiger partial charge >= 0.3 is 0 Å². The van der Waals surface area contributed by atoms with Gasteiger partial charge in [-0.1, -0.05) is 6.07 Å². The number of nitrogens with two attached hydrogens (primary N) is 1. The second-order valence-electron chi connectivity index (χ2n) is 3.19. The van der Waals surface area contributed by atoms with E-state index in [1.54, 1.807) is 7.05 Å². The number of para-hydroxylation sites is 1. The molecule has 0 saturated carbocycles. The van der Waals surface area contributed by atoms with Crippen LogP contribution in [0.1, 0.15) is 10.4 Å². The highest BCUT2D eigenvalue weighted by Gasteiger charge is 2.16. The third kappa shape index (κ3) is 2.38. The van der Waals surface area contributed by atoms with E-state index in [4.69, 9.17) is 5.73 Å². The summed E-state index contributed by atoms with van der Waals surface area (Å²) in [5.41, 5.74) is 5.38. The lowest BCUT2D eigenvalue weighted by molar-refractivity contribution is 0.0795. The largest absolute Gasteiger partial charge is 0.504 e. The Hall–Kier alpha value is -1.75. The second-order valence-corrected chi connectivity index (χ2v) is 3.19. The zero-order valence-electron chi connectivity index (χ0n) is 8.47. The molecule has 0 aliphatic carbocycles. The summed E-state index contributed by atoms with van der Waals surface area (Å²) in [4.78, 5) is 13.1. The summed E-state index contributed by atoms with van der Waals surface area (Å²) in [5.74, 6) is -1.07. The minimum Gasteiger partial charge on any atom is -0.504 e. The Balaban J connectivity index is 2.96. The molecule has 0 fully saturated rings. The SMILES string of the molecule is CN(CCN)C(=O)c1cccc(O)c1O. The molecule has 1 aromatic rings. The zero-order chi connectivity index (χ0) is 11.4. The van der Waals surface area contributed by atoms with Crippen LogP contribution in [0.3, 0.4) is 0 Å². The van der Waals surface area contributed by atoms with Crippen molar-refractivity contribution in [2.24, 2.45) is 5.73 Å². The van der Waals surface area contributed by atoms with Crippen molar-refractivity contribution in [3.05, 3.63) is 23.8 Å². The first-order valence-electron chi connectivity index (χ1n) is 4.54. The molecule has 1 rings (SSSR count). The Morgan fingerprint density at radius 2 is 2.13 bits per heavy atom. The van der Waals surface area contributed by atoms with Gasteiger partial charge < -0.3 is 20.8 Å². The van der Waals surface area contributed by atoms with Crippen molar-refractivity contribution in [3.8, 4) is 11.5 Å². The molecule has 5 nitrogen and oxygen atoms in total. The van der Waals surface area contributed by atoms with Crippen LogP contribution in [-0.4, -0.2) is 41.2 Å². The maximum absolute atomic E-state index is 11.7. The van der Waals surface area contributed by atoms with E-state index in [0.29, 0.717) is 13.1 Å². The Morgan fingerprint density at radius 1 is 1.47 bits per heavy atom. The van der Waals surface area contributed by atoms with E-state index in [1.807, 2.05) is 0 Å². The summed E-state index contributed by atoms with van der Waals surface area (Å²) in [6.45, 7) is 0.746. The van der Waals surface area contributed by atoms with Gasteiger partial charge in [0.15, 0.2) is 11.5 Å². The highest BCUT2D eigenvalue weighted by molar-refractivity contribution is 5.97. The molecule has 15 heavy (non-hydrogen) atoms. The van der Waals surface area contributed by atoms with Crippen molar-refractivity contribution in [2.45, 2.75) is 0 Å². The van der Waals surface area contributed by atoms with Gasteiger partial charge in [0.05, 0.1) is 5.56 Å². The van der Waals surface area contributed by atoms with E-state index < -0.39 is 5.75 Å². The Labute approximate surface area is 87.7 Å². The lowest BCUT2D eigenvalue weighted by Crippen LogP contribution is -2.31. The highest BCUT2D eigenvalue weighted by atomic mass is 16.3. The van der Waals surface area contributed by atoms with Crippen LogP contribution in [0.15, 0.2) is 18.2 Å². The molecule has 4 N–H and O–H groups in total. The molecule has 82 valence electrons. The predicted octanol–water partition coefficient (Wildman–Crippen LogP) is 0.128. The van der Waals surface area contributed by atoms with Crippen molar-refractivity contribution in [2.75, 3.05) is 20.1 Å². The molecule has 0 aromatic heterocycles. The van der Waals surface area contributed by atoms with Crippen LogP contribution in [0.5, 0.6) is 11.5 Å². The fraction of sp³-hybridized carbons (Fsp3) is 0.300. The fourth-order valence-corrected chi connectivity index (χ4v) is 1.20. The van der Waals surface area contributed by atoms with Gasteiger partial charge in [-0.05, 0) is 12.1 Å². The van der Waals surface area contributed by atoms with Gasteiger partial charge in [-0.2, -0.15) is 0 Å². The number of nitrogens with zero attached hydrogens (tertiary/aromatic N) is 1. The standard InChI is InChI=1S/C10H14N2O3/c1-12(6-5-11)10(15)7-3-2-4-8(13)9(7)14/h2-4,13-14H,5-6,11H2,1H3. The molecule has 0 radical (unpaired) electrons. The molecule has 0 spiro atoms. The smallest absolute Gasteiger partial charge is 0.257 e. The van der Waals surface area contributed by atoms with E-state index in [-0.39, 0.29) is 17.2 Å². The van der Waals surface area contributed by atoms with Gasteiger partial charge in [0, 0.05) is 20.1 Å². The van der Waals surface area contributed by atoms with Gasteiger partial charge in [-0.15, -0.1) is 0 Å². The van der Waals surface area contributed by atoms with Crippen LogP contribution in [0.4, 0.5) is 0 Å². The maximum atomic E-state index is 11.7. The number of phenolic OH excluding ortho intramolecular Hbond substituents is 2. The summed E-state index contributed by atoms with van der Waals surface area (Å²) in [6, 6.07) is 4.26. The lowest BCUT2D eigenvalue weighted by Gasteiger charge is -2.16. The topological polar surface area (TPSA) is 86.8 Å². The van der Waals surface area contributed by atoms with Crippen LogP contribution in [0.25, 0.3) is 0 Å². The summed E-state index contributed by atoms with van der Waals surface area (Å²) >= 11 is 0. The number of aromatic hydroxyl groups is 2. The second kappa shape index (κ2) is 4.65. The van der Waals surface area contributed by atoms with Gasteiger partial charge in [-0.25, -0.2) is 0 Å². The average molecular weight is 210 g/mol. The first-order chi connectivity index (χ1) is 7.07. The van der Waals surface area contributed by atoms with E-state index in [2.05, 4.69) is 0 Å². The Morgan fingerprint density at radius 3 is 2.73 bits per heavy atom. The van der Waals surface area contributed by atoms with Crippen molar-refractivity contribution < 1.29 is 15.0 Å². The molecule has 0 unspecified atom stereocenters. The minimum absolute atomic E-state index is 0.0750. The number of benzene rings is 1. The van der Waals surface area contributed by atoms with Crippen molar-refractivity contribution in [1.82, 2.24) is 4.90 Å². The molecule has 0 heterocycles. The van der Waals surface area contributed by atoms with Crippen molar-refractivity contribution in [3.63, 3.8) is 0 Å². The molecule has 1 aromatic carbocycles. The molecule has 0 aliphatic rings. The van der Waals surface area contributed by atoms with E-state index >= 15 is 0 Å². The van der Waals surface area contributed by atoms with Crippen LogP contribution in [-0.2, 0) is 0 Å². The Bertz CT molecular complexity index is 366. The van der Waals surface area contributed by atoms with Crippen molar-refractivity contribution >= 4 is 5.91 Å². The quantitative estimate of drug-likeness (QED) is 0.619. The van der Waals surface area contributed by atoms with Gasteiger partial charge in [-0.3, -0.25) is 4.79 Å². The number of hydrogen-bond donors (Lipinski definition) is 3. The van der Waals surface area contributed by atoms with Crippen LogP contribution in [0, 0.1) is 0 Å². The molecule has 0 saturated heterocycles. The fourth-order valence-electron chi connectivity index (χ4n) is 1.20. The van der Waals surface area contributed by atoms with E-state index in [9.17, 15) is 15.0 Å². The molecular formula is C10H14N2O3. The summed E-state index contributed by atoms with van der Waals surface area (Å²) < 4.78 is 0. The minimum atomic E-state index is -0.397. The molecule has 0 aliphatic heterocycles. The van der Waals surface area contributed by atoms with Gasteiger partial charge in [0.2, 0.25) is 0 Å². The number of rotatable bonds is 3. The number of carbonyl (C=O) groups is 1. The third-order valence-corrected chi connectivity index (χ3v) is 2.06. The first-order valence-corrected chi connectivity index (χ1v) is 4.54. The van der Waals surface area contributed by atoms with Crippen LogP contribution in [0.2, 0.25) is 0 Å². The molecule has 0 atom stereocenters. The maximum Gasteiger partial charge on any atom is 0.257 e. The number of likely N-dealkylation sites (N-methyl/N-ethyl adjacent to an activating group) is 1. The predicted molar refractivity (Wildman–Crippen MR) is 55.8 cm³/mol. The normalized spacial score (nSPS) is 10.0. The molecule has 0 bridgehead atoms. The summed E-state index contributed by atoms with van der Waals surface area (Å²) in [6.07, 6.45) is 0. The van der Waals surface area contributed by atoms with Gasteiger partial charge in [0.1, 0.15) is 0 Å². The number of hydrogen-bond acceptors (Lipinski definition) is 4. The lowest BCUT2D eigenvalue weighted by atomic mass is 10.1. The molecular weight excluding hydrogens is 196 g/mol. The van der Waals surface area contributed by atoms with Crippen molar-refractivity contribution in [1.29, 1.82) is 0 Å². The van der Waals surface area contributed by atoms with Crippen LogP contribution >= 0.6 is 0 Å². The van der Waals surface area contributed by atoms with E-state index in [0.717, 1.165) is 0 Å². The highest BCUT2D eigenvalue weighted by Crippen LogP contribution is 2.28. The monoisotopic (exact) mass is 210 g/mol. The number of amides is 1. The third-order valence-electron chi connectivity index (χ3n) is 2.06. The van der Waals surface area contributed by atoms with E-state index in [1.165, 1.54) is 23.1 Å². The summed E-state index contributed by atoms with van der Waals surface area (Å²) in [5, 5.41) is 18.7. The Kier molecular flexibility index (Phi) is 3.51. The molecule has 1 amide bonds. The zero-order valence-corrected chi connectivity index (χ0v) is 8.47. The number of carbonyl (C=O) groups excluding carboxylic acids is 1. The van der Waals surface area contributed by atoms with Gasteiger partial charge in [0.25, 0.3) is 5.91 Å². The first kappa shape index (κ1) is 11.3. The average Bonchev–Trinajstić information content (AvgIpc) is 2.21. The number of phenols is 2. The van der Waals surface area contributed by atoms with Crippen LogP contribution < -0.4 is 5.73 Å².